The van der Waals surface area contributed by atoms with Crippen LogP contribution in [0.2, 0.25) is 0 Å². The van der Waals surface area contributed by atoms with Gasteiger partial charge in [-0.15, -0.1) is 0 Å². The first-order valence-corrected chi connectivity index (χ1v) is 6.86. The first-order valence-electron chi connectivity index (χ1n) is 6.86. The van der Waals surface area contributed by atoms with Crippen LogP contribution >= 0.6 is 0 Å². The minimum atomic E-state index is 0.262. The SMILES string of the molecule is CCNC(CC(C)(C)C)c1ccc(OC)cc1OC. The molecule has 0 radical (unpaired) electrons. The van der Waals surface area contributed by atoms with Gasteiger partial charge in [0.1, 0.15) is 11.5 Å². The van der Waals surface area contributed by atoms with Gasteiger partial charge in [0.25, 0.3) is 0 Å². The fraction of sp³-hybridized carbons (Fsp3) is 0.625. The molecule has 0 amide bonds. The van der Waals surface area contributed by atoms with Gasteiger partial charge in [0.2, 0.25) is 0 Å². The molecule has 1 N–H and O–H groups in total. The highest BCUT2D eigenvalue weighted by atomic mass is 16.5. The van der Waals surface area contributed by atoms with Crippen molar-refractivity contribution in [1.82, 2.24) is 5.32 Å². The molecule has 0 aromatic heterocycles. The zero-order chi connectivity index (χ0) is 14.5. The molecule has 108 valence electrons. The van der Waals surface area contributed by atoms with Crippen LogP contribution in [0, 0.1) is 5.41 Å². The van der Waals surface area contributed by atoms with Crippen molar-refractivity contribution in [1.29, 1.82) is 0 Å². The van der Waals surface area contributed by atoms with E-state index in [1.54, 1.807) is 14.2 Å². The lowest BCUT2D eigenvalue weighted by Crippen LogP contribution is -2.26. The van der Waals surface area contributed by atoms with Crippen molar-refractivity contribution in [2.75, 3.05) is 20.8 Å². The lowest BCUT2D eigenvalue weighted by Gasteiger charge is -2.28. The molecule has 0 aliphatic rings. The maximum absolute atomic E-state index is 5.51. The Kier molecular flexibility index (Phi) is 5.67. The van der Waals surface area contributed by atoms with Crippen molar-refractivity contribution in [3.63, 3.8) is 0 Å². The molecular weight excluding hydrogens is 238 g/mol. The van der Waals surface area contributed by atoms with Gasteiger partial charge in [-0.25, -0.2) is 0 Å². The number of hydrogen-bond acceptors (Lipinski definition) is 3. The minimum absolute atomic E-state index is 0.262. The number of hydrogen-bond donors (Lipinski definition) is 1. The second kappa shape index (κ2) is 6.80. The third-order valence-electron chi connectivity index (χ3n) is 3.08. The van der Waals surface area contributed by atoms with Crippen LogP contribution < -0.4 is 14.8 Å². The van der Waals surface area contributed by atoms with Gasteiger partial charge in [-0.05, 0) is 24.4 Å². The summed E-state index contributed by atoms with van der Waals surface area (Å²) in [6.07, 6.45) is 1.06. The van der Waals surface area contributed by atoms with Crippen LogP contribution in [0.4, 0.5) is 0 Å². The number of ether oxygens (including phenoxy) is 2. The Bertz CT molecular complexity index is 396. The monoisotopic (exact) mass is 265 g/mol. The molecule has 1 aromatic rings. The fourth-order valence-corrected chi connectivity index (χ4v) is 2.26. The molecule has 0 fully saturated rings. The lowest BCUT2D eigenvalue weighted by molar-refractivity contribution is 0.306. The van der Waals surface area contributed by atoms with E-state index in [2.05, 4.69) is 39.1 Å². The second-order valence-electron chi connectivity index (χ2n) is 5.98. The third-order valence-corrected chi connectivity index (χ3v) is 3.08. The summed E-state index contributed by atoms with van der Waals surface area (Å²) in [5.74, 6) is 1.71. The van der Waals surface area contributed by atoms with Crippen LogP contribution in [-0.2, 0) is 0 Å². The van der Waals surface area contributed by atoms with E-state index in [9.17, 15) is 0 Å². The number of nitrogens with one attached hydrogen (secondary N) is 1. The third kappa shape index (κ3) is 4.75. The molecule has 1 unspecified atom stereocenters. The molecule has 19 heavy (non-hydrogen) atoms. The Hall–Kier alpha value is -1.22. The lowest BCUT2D eigenvalue weighted by atomic mass is 9.85. The van der Waals surface area contributed by atoms with E-state index in [-0.39, 0.29) is 5.41 Å². The van der Waals surface area contributed by atoms with Crippen LogP contribution in [-0.4, -0.2) is 20.8 Å². The quantitative estimate of drug-likeness (QED) is 0.849. The summed E-state index contributed by atoms with van der Waals surface area (Å²) >= 11 is 0. The topological polar surface area (TPSA) is 30.5 Å². The highest BCUT2D eigenvalue weighted by Gasteiger charge is 2.22. The zero-order valence-electron chi connectivity index (χ0n) is 13.0. The molecule has 0 bridgehead atoms. The summed E-state index contributed by atoms with van der Waals surface area (Å²) in [6.45, 7) is 9.84. The van der Waals surface area contributed by atoms with Crippen molar-refractivity contribution in [3.8, 4) is 11.5 Å². The van der Waals surface area contributed by atoms with Crippen molar-refractivity contribution in [2.24, 2.45) is 5.41 Å². The summed E-state index contributed by atoms with van der Waals surface area (Å²) in [6, 6.07) is 6.33. The largest absolute Gasteiger partial charge is 0.497 e. The average Bonchev–Trinajstić information content (AvgIpc) is 2.36. The number of benzene rings is 1. The van der Waals surface area contributed by atoms with E-state index >= 15 is 0 Å². The predicted molar refractivity (Wildman–Crippen MR) is 80.0 cm³/mol. The predicted octanol–water partition coefficient (Wildman–Crippen LogP) is 3.79. The fourth-order valence-electron chi connectivity index (χ4n) is 2.26. The standard InChI is InChI=1S/C16H27NO2/c1-7-17-14(11-16(2,3)4)13-9-8-12(18-5)10-15(13)19-6/h8-10,14,17H,7,11H2,1-6H3. The van der Waals surface area contributed by atoms with Crippen LogP contribution in [0.1, 0.15) is 45.7 Å². The van der Waals surface area contributed by atoms with E-state index in [0.717, 1.165) is 24.5 Å². The van der Waals surface area contributed by atoms with E-state index in [1.807, 2.05) is 12.1 Å². The van der Waals surface area contributed by atoms with Gasteiger partial charge in [0, 0.05) is 17.7 Å². The van der Waals surface area contributed by atoms with Crippen molar-refractivity contribution < 1.29 is 9.47 Å². The number of rotatable bonds is 6. The highest BCUT2D eigenvalue weighted by Crippen LogP contribution is 2.35. The van der Waals surface area contributed by atoms with Gasteiger partial charge in [-0.2, -0.15) is 0 Å². The molecular formula is C16H27NO2. The average molecular weight is 265 g/mol. The van der Waals surface area contributed by atoms with Crippen LogP contribution in [0.5, 0.6) is 11.5 Å². The Morgan fingerprint density at radius 1 is 1.16 bits per heavy atom. The van der Waals surface area contributed by atoms with Gasteiger partial charge in [-0.1, -0.05) is 33.8 Å². The van der Waals surface area contributed by atoms with E-state index in [0.29, 0.717) is 6.04 Å². The molecule has 0 saturated carbocycles. The van der Waals surface area contributed by atoms with Crippen molar-refractivity contribution in [3.05, 3.63) is 23.8 Å². The zero-order valence-corrected chi connectivity index (χ0v) is 13.0. The smallest absolute Gasteiger partial charge is 0.127 e. The van der Waals surface area contributed by atoms with Crippen LogP contribution in [0.15, 0.2) is 18.2 Å². The molecule has 3 nitrogen and oxygen atoms in total. The molecule has 0 aliphatic carbocycles. The Labute approximate surface area is 117 Å². The maximum Gasteiger partial charge on any atom is 0.127 e. The molecule has 0 heterocycles. The molecule has 1 aromatic carbocycles. The second-order valence-corrected chi connectivity index (χ2v) is 5.98. The van der Waals surface area contributed by atoms with Crippen LogP contribution in [0.25, 0.3) is 0 Å². The summed E-state index contributed by atoms with van der Waals surface area (Å²) in [4.78, 5) is 0. The van der Waals surface area contributed by atoms with E-state index < -0.39 is 0 Å². The molecule has 0 aliphatic heterocycles. The highest BCUT2D eigenvalue weighted by molar-refractivity contribution is 5.42. The van der Waals surface area contributed by atoms with Gasteiger partial charge < -0.3 is 14.8 Å². The Balaban J connectivity index is 3.07. The van der Waals surface area contributed by atoms with Gasteiger partial charge >= 0.3 is 0 Å². The first kappa shape index (κ1) is 15.8. The van der Waals surface area contributed by atoms with Gasteiger partial charge in [0.05, 0.1) is 14.2 Å². The van der Waals surface area contributed by atoms with Gasteiger partial charge in [-0.3, -0.25) is 0 Å². The van der Waals surface area contributed by atoms with Gasteiger partial charge in [0.15, 0.2) is 0 Å². The molecule has 0 saturated heterocycles. The normalized spacial score (nSPS) is 13.2. The summed E-state index contributed by atoms with van der Waals surface area (Å²) in [5, 5.41) is 3.55. The summed E-state index contributed by atoms with van der Waals surface area (Å²) in [5.41, 5.74) is 1.46. The van der Waals surface area contributed by atoms with Crippen molar-refractivity contribution in [2.45, 2.75) is 40.2 Å². The maximum atomic E-state index is 5.51. The number of methoxy groups -OCH3 is 2. The molecule has 1 rings (SSSR count). The minimum Gasteiger partial charge on any atom is -0.497 e. The Morgan fingerprint density at radius 3 is 2.32 bits per heavy atom. The van der Waals surface area contributed by atoms with Crippen molar-refractivity contribution >= 4 is 0 Å². The molecule has 3 heteroatoms. The van der Waals surface area contributed by atoms with E-state index in [4.69, 9.17) is 9.47 Å². The Morgan fingerprint density at radius 2 is 1.84 bits per heavy atom. The molecule has 1 atom stereocenters. The molecule has 0 spiro atoms. The van der Waals surface area contributed by atoms with Crippen LogP contribution in [0.3, 0.4) is 0 Å². The van der Waals surface area contributed by atoms with E-state index in [1.165, 1.54) is 5.56 Å². The summed E-state index contributed by atoms with van der Waals surface area (Å²) < 4.78 is 10.8. The summed E-state index contributed by atoms with van der Waals surface area (Å²) in [7, 11) is 3.38. The first-order chi connectivity index (χ1) is 8.91.